The minimum atomic E-state index is -0.292. The van der Waals surface area contributed by atoms with E-state index < -0.39 is 0 Å². The topological polar surface area (TPSA) is 87.9 Å². The Labute approximate surface area is 185 Å². The van der Waals surface area contributed by atoms with Crippen molar-refractivity contribution in [3.8, 4) is 5.75 Å². The summed E-state index contributed by atoms with van der Waals surface area (Å²) >= 11 is 0. The van der Waals surface area contributed by atoms with Gasteiger partial charge in [0, 0.05) is 32.7 Å². The average molecular weight is 429 g/mol. The molecule has 0 unspecified atom stereocenters. The van der Waals surface area contributed by atoms with Crippen LogP contribution in [0.3, 0.4) is 0 Å². The maximum atomic E-state index is 12.7. The molecule has 3 fully saturated rings. The van der Waals surface area contributed by atoms with Crippen LogP contribution >= 0.6 is 0 Å². The van der Waals surface area contributed by atoms with Gasteiger partial charge in [0.05, 0.1) is 24.6 Å². The molecule has 3 N–H and O–H groups in total. The van der Waals surface area contributed by atoms with Crippen molar-refractivity contribution >= 4 is 17.5 Å². The number of methoxy groups -OCH3 is 1. The lowest BCUT2D eigenvalue weighted by Gasteiger charge is -2.36. The molecule has 4 rings (SSSR count). The summed E-state index contributed by atoms with van der Waals surface area (Å²) in [7, 11) is 1.72. The summed E-state index contributed by atoms with van der Waals surface area (Å²) in [6, 6.07) is 8.19. The number of hydrogen-bond acceptors (Lipinski definition) is 5. The molecule has 2 saturated carbocycles. The van der Waals surface area contributed by atoms with Crippen molar-refractivity contribution in [2.45, 2.75) is 32.1 Å². The smallest absolute Gasteiger partial charge is 0.224 e. The standard InChI is InChI=1S/C24H36N4O3/c1-31-20-7-3-2-6-19(20)28-14-12-27(13-15-28)11-5-4-10-26-24(30)22-18-9-8-17(16-18)21(22)23(25)29/h2-3,6-7,17-18,21-22H,4-5,8-16H2,1H3,(H2,25,29)(H,26,30)/t17-,18+,21+,22-/m1/s1. The number of unbranched alkanes of at least 4 members (excludes halogenated alkanes) is 1. The highest BCUT2D eigenvalue weighted by atomic mass is 16.5. The molecule has 4 atom stereocenters. The Kier molecular flexibility index (Phi) is 7.00. The summed E-state index contributed by atoms with van der Waals surface area (Å²) in [5.74, 6) is 0.911. The Hall–Kier alpha value is -2.28. The number of para-hydroxylation sites is 2. The van der Waals surface area contributed by atoms with Crippen LogP contribution in [0, 0.1) is 23.7 Å². The van der Waals surface area contributed by atoms with Crippen molar-refractivity contribution in [1.29, 1.82) is 0 Å². The van der Waals surface area contributed by atoms with Crippen molar-refractivity contribution in [1.82, 2.24) is 10.2 Å². The molecule has 170 valence electrons. The normalized spacial score (nSPS) is 28.0. The molecule has 1 aromatic rings. The quantitative estimate of drug-likeness (QED) is 0.586. The minimum Gasteiger partial charge on any atom is -0.495 e. The van der Waals surface area contributed by atoms with Gasteiger partial charge in [-0.15, -0.1) is 0 Å². The Morgan fingerprint density at radius 1 is 1.06 bits per heavy atom. The Morgan fingerprint density at radius 3 is 2.48 bits per heavy atom. The first-order chi connectivity index (χ1) is 15.1. The summed E-state index contributed by atoms with van der Waals surface area (Å²) in [4.78, 5) is 29.4. The molecule has 31 heavy (non-hydrogen) atoms. The number of carbonyl (C=O) groups excluding carboxylic acids is 2. The van der Waals surface area contributed by atoms with Gasteiger partial charge in [-0.05, 0) is 62.6 Å². The van der Waals surface area contributed by atoms with Crippen LogP contribution in [0.25, 0.3) is 0 Å². The van der Waals surface area contributed by atoms with Gasteiger partial charge in [-0.3, -0.25) is 14.5 Å². The molecule has 2 aliphatic carbocycles. The largest absolute Gasteiger partial charge is 0.495 e. The molecule has 1 aromatic carbocycles. The summed E-state index contributed by atoms with van der Waals surface area (Å²) in [6.45, 7) is 5.80. The lowest BCUT2D eigenvalue weighted by Crippen LogP contribution is -2.47. The van der Waals surface area contributed by atoms with Gasteiger partial charge in [0.25, 0.3) is 0 Å². The SMILES string of the molecule is COc1ccccc1N1CCN(CCCCNC(=O)[C@@H]2[C@H]3CC[C@H](C3)[C@@H]2C(N)=O)CC1. The predicted molar refractivity (Wildman–Crippen MR) is 121 cm³/mol. The fourth-order valence-electron chi connectivity index (χ4n) is 5.97. The number of nitrogens with zero attached hydrogens (tertiary/aromatic N) is 2. The molecule has 0 spiro atoms. The van der Waals surface area contributed by atoms with Crippen LogP contribution in [0.15, 0.2) is 24.3 Å². The zero-order valence-corrected chi connectivity index (χ0v) is 18.6. The molecule has 0 aromatic heterocycles. The number of fused-ring (bicyclic) bond motifs is 2. The monoisotopic (exact) mass is 428 g/mol. The number of piperazine rings is 1. The molecular weight excluding hydrogens is 392 g/mol. The average Bonchev–Trinajstić information content (AvgIpc) is 3.41. The number of hydrogen-bond donors (Lipinski definition) is 2. The van der Waals surface area contributed by atoms with Crippen molar-refractivity contribution in [3.05, 3.63) is 24.3 Å². The molecule has 1 saturated heterocycles. The predicted octanol–water partition coefficient (Wildman–Crippen LogP) is 1.86. The second-order valence-corrected chi connectivity index (χ2v) is 9.29. The third-order valence-electron chi connectivity index (χ3n) is 7.55. The van der Waals surface area contributed by atoms with Crippen LogP contribution in [0.2, 0.25) is 0 Å². The number of benzene rings is 1. The van der Waals surface area contributed by atoms with E-state index in [-0.39, 0.29) is 23.7 Å². The zero-order valence-electron chi connectivity index (χ0n) is 18.6. The highest BCUT2D eigenvalue weighted by Gasteiger charge is 2.53. The van der Waals surface area contributed by atoms with Gasteiger partial charge in [-0.2, -0.15) is 0 Å². The van der Waals surface area contributed by atoms with Crippen LogP contribution in [0.5, 0.6) is 5.75 Å². The summed E-state index contributed by atoms with van der Waals surface area (Å²) in [5, 5.41) is 3.09. The number of nitrogens with one attached hydrogen (secondary N) is 1. The molecular formula is C24H36N4O3. The number of ether oxygens (including phenoxy) is 1. The minimum absolute atomic E-state index is 0.0430. The molecule has 0 radical (unpaired) electrons. The van der Waals surface area contributed by atoms with Crippen molar-refractivity contribution in [2.24, 2.45) is 29.4 Å². The Morgan fingerprint density at radius 2 is 1.77 bits per heavy atom. The lowest BCUT2D eigenvalue weighted by molar-refractivity contribution is -0.135. The first-order valence-electron chi connectivity index (χ1n) is 11.8. The number of amides is 2. The molecule has 1 aliphatic heterocycles. The molecule has 3 aliphatic rings. The Bertz CT molecular complexity index is 778. The van der Waals surface area contributed by atoms with E-state index in [1.54, 1.807) is 7.11 Å². The fourth-order valence-corrected chi connectivity index (χ4v) is 5.97. The highest BCUT2D eigenvalue weighted by Crippen LogP contribution is 2.52. The van der Waals surface area contributed by atoms with Gasteiger partial charge in [-0.25, -0.2) is 0 Å². The van der Waals surface area contributed by atoms with Gasteiger partial charge in [0.2, 0.25) is 11.8 Å². The van der Waals surface area contributed by atoms with Crippen LogP contribution < -0.4 is 20.7 Å². The molecule has 1 heterocycles. The van der Waals surface area contributed by atoms with E-state index in [1.807, 2.05) is 12.1 Å². The van der Waals surface area contributed by atoms with E-state index in [2.05, 4.69) is 27.2 Å². The third kappa shape index (κ3) is 4.81. The van der Waals surface area contributed by atoms with Crippen molar-refractivity contribution < 1.29 is 14.3 Å². The maximum Gasteiger partial charge on any atom is 0.224 e. The van der Waals surface area contributed by atoms with Crippen LogP contribution in [-0.4, -0.2) is 63.1 Å². The second-order valence-electron chi connectivity index (χ2n) is 9.29. The van der Waals surface area contributed by atoms with Gasteiger partial charge < -0.3 is 20.7 Å². The first-order valence-corrected chi connectivity index (χ1v) is 11.8. The summed E-state index contributed by atoms with van der Waals surface area (Å²) in [6.07, 6.45) is 5.12. The summed E-state index contributed by atoms with van der Waals surface area (Å²) in [5.41, 5.74) is 6.77. The third-order valence-corrected chi connectivity index (χ3v) is 7.55. The maximum absolute atomic E-state index is 12.7. The van der Waals surface area contributed by atoms with E-state index in [4.69, 9.17) is 10.5 Å². The van der Waals surface area contributed by atoms with Crippen LogP contribution in [0.1, 0.15) is 32.1 Å². The molecule has 7 heteroatoms. The van der Waals surface area contributed by atoms with E-state index in [0.717, 1.165) is 70.6 Å². The van der Waals surface area contributed by atoms with E-state index >= 15 is 0 Å². The zero-order chi connectivity index (χ0) is 21.8. The van der Waals surface area contributed by atoms with Crippen LogP contribution in [0.4, 0.5) is 5.69 Å². The van der Waals surface area contributed by atoms with Gasteiger partial charge in [-0.1, -0.05) is 12.1 Å². The van der Waals surface area contributed by atoms with Gasteiger partial charge in [0.15, 0.2) is 0 Å². The second kappa shape index (κ2) is 9.90. The fraction of sp³-hybridized carbons (Fsp3) is 0.667. The number of primary amides is 1. The van der Waals surface area contributed by atoms with Crippen molar-refractivity contribution in [2.75, 3.05) is 51.3 Å². The molecule has 2 bridgehead atoms. The van der Waals surface area contributed by atoms with Gasteiger partial charge in [0.1, 0.15) is 5.75 Å². The number of anilines is 1. The molecule has 2 amide bonds. The number of nitrogens with two attached hydrogens (primary N) is 1. The number of rotatable bonds is 9. The van der Waals surface area contributed by atoms with E-state index in [1.165, 1.54) is 5.69 Å². The first kappa shape index (κ1) is 21.9. The van der Waals surface area contributed by atoms with Crippen LogP contribution in [-0.2, 0) is 9.59 Å². The lowest BCUT2D eigenvalue weighted by atomic mass is 9.78. The van der Waals surface area contributed by atoms with Crippen molar-refractivity contribution in [3.63, 3.8) is 0 Å². The van der Waals surface area contributed by atoms with E-state index in [0.29, 0.717) is 18.4 Å². The van der Waals surface area contributed by atoms with Gasteiger partial charge >= 0.3 is 0 Å². The summed E-state index contributed by atoms with van der Waals surface area (Å²) < 4.78 is 5.49. The molecule has 7 nitrogen and oxygen atoms in total. The highest BCUT2D eigenvalue weighted by molar-refractivity contribution is 5.88. The number of carbonyl (C=O) groups is 2. The van der Waals surface area contributed by atoms with E-state index in [9.17, 15) is 9.59 Å². The Balaban J connectivity index is 1.14.